The molecule has 0 radical (unpaired) electrons. The number of carbonyl (C=O) groups excluding carboxylic acids is 2. The molecular weight excluding hydrogens is 168 g/mol. The molecule has 1 N–H and O–H groups in total. The molecule has 4 nitrogen and oxygen atoms in total. The van der Waals surface area contributed by atoms with Crippen molar-refractivity contribution < 1.29 is 9.59 Å². The van der Waals surface area contributed by atoms with Gasteiger partial charge < -0.3 is 5.32 Å². The number of nitrogens with one attached hydrogen (secondary N) is 1. The van der Waals surface area contributed by atoms with Gasteiger partial charge in [0.1, 0.15) is 0 Å². The van der Waals surface area contributed by atoms with Crippen molar-refractivity contribution in [2.45, 2.75) is 32.2 Å². The Labute approximate surface area is 78.3 Å². The Morgan fingerprint density at radius 2 is 1.92 bits per heavy atom. The van der Waals surface area contributed by atoms with Crippen LogP contribution in [0.15, 0.2) is 0 Å². The smallest absolute Gasteiger partial charge is 0.229 e. The molecule has 1 rings (SSSR count). The van der Waals surface area contributed by atoms with E-state index >= 15 is 0 Å². The minimum absolute atomic E-state index is 0.0290. The van der Waals surface area contributed by atoms with E-state index in [1.807, 2.05) is 14.0 Å². The molecule has 0 aromatic carbocycles. The van der Waals surface area contributed by atoms with Crippen molar-refractivity contribution in [3.05, 3.63) is 0 Å². The van der Waals surface area contributed by atoms with Crippen molar-refractivity contribution in [2.75, 3.05) is 13.6 Å². The lowest BCUT2D eigenvalue weighted by Crippen LogP contribution is -2.41. The molecule has 1 aliphatic heterocycles. The van der Waals surface area contributed by atoms with E-state index in [-0.39, 0.29) is 17.9 Å². The van der Waals surface area contributed by atoms with Crippen LogP contribution in [0, 0.1) is 0 Å². The summed E-state index contributed by atoms with van der Waals surface area (Å²) in [7, 11) is 1.85. The Hall–Kier alpha value is -0.900. The first-order valence-corrected chi connectivity index (χ1v) is 4.69. The molecule has 0 bridgehead atoms. The summed E-state index contributed by atoms with van der Waals surface area (Å²) >= 11 is 0. The standard InChI is InChI=1S/C9H16N2O2/c1-3-7(10-2)6-11-8(12)4-5-9(11)13/h7,10H,3-6H2,1-2H3. The molecule has 0 aliphatic carbocycles. The monoisotopic (exact) mass is 184 g/mol. The van der Waals surface area contributed by atoms with Crippen molar-refractivity contribution in [2.24, 2.45) is 0 Å². The number of nitrogens with zero attached hydrogens (tertiary/aromatic N) is 1. The second-order valence-corrected chi connectivity index (χ2v) is 3.29. The Morgan fingerprint density at radius 3 is 2.31 bits per heavy atom. The lowest BCUT2D eigenvalue weighted by Gasteiger charge is -2.20. The second kappa shape index (κ2) is 4.37. The van der Waals surface area contributed by atoms with Crippen LogP contribution in [-0.4, -0.2) is 36.3 Å². The number of rotatable bonds is 4. The van der Waals surface area contributed by atoms with E-state index in [2.05, 4.69) is 5.32 Å². The van der Waals surface area contributed by atoms with Gasteiger partial charge in [-0.05, 0) is 13.5 Å². The quantitative estimate of drug-likeness (QED) is 0.632. The van der Waals surface area contributed by atoms with Crippen LogP contribution < -0.4 is 5.32 Å². The van der Waals surface area contributed by atoms with Gasteiger partial charge in [-0.3, -0.25) is 14.5 Å². The third kappa shape index (κ3) is 2.28. The highest BCUT2D eigenvalue weighted by Gasteiger charge is 2.29. The topological polar surface area (TPSA) is 49.4 Å². The number of likely N-dealkylation sites (tertiary alicyclic amines) is 1. The van der Waals surface area contributed by atoms with Gasteiger partial charge in [0, 0.05) is 25.4 Å². The number of hydrogen-bond donors (Lipinski definition) is 1. The third-order valence-corrected chi connectivity index (χ3v) is 2.46. The molecule has 1 aliphatic rings. The first-order chi connectivity index (χ1) is 6.19. The number of imide groups is 1. The van der Waals surface area contributed by atoms with Crippen LogP contribution in [0.1, 0.15) is 26.2 Å². The molecule has 1 unspecified atom stereocenters. The third-order valence-electron chi connectivity index (χ3n) is 2.46. The summed E-state index contributed by atoms with van der Waals surface area (Å²) in [6.45, 7) is 2.55. The predicted octanol–water partition coefficient (Wildman–Crippen LogP) is 0.133. The van der Waals surface area contributed by atoms with E-state index in [1.54, 1.807) is 0 Å². The molecular formula is C9H16N2O2. The van der Waals surface area contributed by atoms with E-state index in [9.17, 15) is 9.59 Å². The Kier molecular flexibility index (Phi) is 3.42. The summed E-state index contributed by atoms with van der Waals surface area (Å²) < 4.78 is 0. The van der Waals surface area contributed by atoms with Crippen LogP contribution in [0.2, 0.25) is 0 Å². The fourth-order valence-electron chi connectivity index (χ4n) is 1.47. The van der Waals surface area contributed by atoms with Crippen LogP contribution in [0.3, 0.4) is 0 Å². The van der Waals surface area contributed by atoms with E-state index in [1.165, 1.54) is 4.90 Å². The van der Waals surface area contributed by atoms with Gasteiger partial charge in [0.15, 0.2) is 0 Å². The summed E-state index contributed by atoms with van der Waals surface area (Å²) in [5.41, 5.74) is 0. The van der Waals surface area contributed by atoms with E-state index in [4.69, 9.17) is 0 Å². The van der Waals surface area contributed by atoms with Gasteiger partial charge in [0.05, 0.1) is 0 Å². The van der Waals surface area contributed by atoms with Crippen LogP contribution >= 0.6 is 0 Å². The fraction of sp³-hybridized carbons (Fsp3) is 0.778. The molecule has 1 fully saturated rings. The van der Waals surface area contributed by atoms with Crippen LogP contribution in [0.25, 0.3) is 0 Å². The highest BCUT2D eigenvalue weighted by molar-refractivity contribution is 6.01. The van der Waals surface area contributed by atoms with E-state index in [0.29, 0.717) is 19.4 Å². The zero-order chi connectivity index (χ0) is 9.84. The summed E-state index contributed by atoms with van der Waals surface area (Å²) in [6, 6.07) is 0.228. The number of hydrogen-bond acceptors (Lipinski definition) is 3. The van der Waals surface area contributed by atoms with Crippen molar-refractivity contribution >= 4 is 11.8 Å². The predicted molar refractivity (Wildman–Crippen MR) is 49.1 cm³/mol. The Bertz CT molecular complexity index is 196. The lowest BCUT2D eigenvalue weighted by molar-refractivity contribution is -0.138. The summed E-state index contributed by atoms with van der Waals surface area (Å²) in [5.74, 6) is -0.0580. The second-order valence-electron chi connectivity index (χ2n) is 3.29. The van der Waals surface area contributed by atoms with Gasteiger partial charge in [-0.2, -0.15) is 0 Å². The first-order valence-electron chi connectivity index (χ1n) is 4.69. The minimum atomic E-state index is -0.0290. The summed E-state index contributed by atoms with van der Waals surface area (Å²) in [4.78, 5) is 23.8. The van der Waals surface area contributed by atoms with Gasteiger partial charge >= 0.3 is 0 Å². The number of amides is 2. The van der Waals surface area contributed by atoms with Crippen LogP contribution in [0.5, 0.6) is 0 Å². The molecule has 1 saturated heterocycles. The zero-order valence-corrected chi connectivity index (χ0v) is 8.17. The maximum atomic E-state index is 11.2. The molecule has 4 heteroatoms. The van der Waals surface area contributed by atoms with Crippen LogP contribution in [0.4, 0.5) is 0 Å². The van der Waals surface area contributed by atoms with Gasteiger partial charge in [-0.15, -0.1) is 0 Å². The Balaban J connectivity index is 2.51. The molecule has 0 saturated carbocycles. The summed E-state index contributed by atoms with van der Waals surface area (Å²) in [6.07, 6.45) is 1.70. The van der Waals surface area contributed by atoms with Gasteiger partial charge in [0.2, 0.25) is 11.8 Å². The van der Waals surface area contributed by atoms with Crippen molar-refractivity contribution in [1.29, 1.82) is 0 Å². The molecule has 1 atom stereocenters. The van der Waals surface area contributed by atoms with Crippen molar-refractivity contribution in [1.82, 2.24) is 10.2 Å². The van der Waals surface area contributed by atoms with Gasteiger partial charge in [0.25, 0.3) is 0 Å². The fourth-order valence-corrected chi connectivity index (χ4v) is 1.47. The van der Waals surface area contributed by atoms with E-state index < -0.39 is 0 Å². The highest BCUT2D eigenvalue weighted by Crippen LogP contribution is 2.12. The molecule has 1 heterocycles. The zero-order valence-electron chi connectivity index (χ0n) is 8.17. The average molecular weight is 184 g/mol. The van der Waals surface area contributed by atoms with Crippen molar-refractivity contribution in [3.8, 4) is 0 Å². The summed E-state index contributed by atoms with van der Waals surface area (Å²) in [5, 5.41) is 3.07. The SMILES string of the molecule is CCC(CN1C(=O)CCC1=O)NC. The Morgan fingerprint density at radius 1 is 1.38 bits per heavy atom. The largest absolute Gasteiger partial charge is 0.315 e. The molecule has 74 valence electrons. The lowest BCUT2D eigenvalue weighted by atomic mass is 10.2. The normalized spacial score (nSPS) is 19.7. The number of likely N-dealkylation sites (N-methyl/N-ethyl adjacent to an activating group) is 1. The van der Waals surface area contributed by atoms with Crippen LogP contribution in [-0.2, 0) is 9.59 Å². The first kappa shape index (κ1) is 10.2. The molecule has 2 amide bonds. The van der Waals surface area contributed by atoms with Gasteiger partial charge in [-0.1, -0.05) is 6.92 Å². The van der Waals surface area contributed by atoms with Crippen molar-refractivity contribution in [3.63, 3.8) is 0 Å². The molecule has 0 spiro atoms. The average Bonchev–Trinajstić information content (AvgIpc) is 2.44. The minimum Gasteiger partial charge on any atom is -0.315 e. The maximum Gasteiger partial charge on any atom is 0.229 e. The number of carbonyl (C=O) groups is 2. The van der Waals surface area contributed by atoms with E-state index in [0.717, 1.165) is 6.42 Å². The molecule has 13 heavy (non-hydrogen) atoms. The molecule has 0 aromatic rings. The highest BCUT2D eigenvalue weighted by atomic mass is 16.2. The maximum absolute atomic E-state index is 11.2. The van der Waals surface area contributed by atoms with Gasteiger partial charge in [-0.25, -0.2) is 0 Å². The molecule has 0 aromatic heterocycles.